The van der Waals surface area contributed by atoms with E-state index in [9.17, 15) is 13.2 Å². The fourth-order valence-corrected chi connectivity index (χ4v) is 2.01. The Morgan fingerprint density at radius 3 is 2.71 bits per heavy atom. The summed E-state index contributed by atoms with van der Waals surface area (Å²) in [6, 6.07) is 4.25. The molecule has 0 saturated heterocycles. The van der Waals surface area contributed by atoms with Crippen molar-refractivity contribution >= 4 is 15.9 Å². The number of sulfonamides is 1. The molecule has 8 heteroatoms. The first-order valence-electron chi connectivity index (χ1n) is 4.56. The van der Waals surface area contributed by atoms with Crippen molar-refractivity contribution in [3.8, 4) is 0 Å². The molecule has 0 atom stereocenters. The van der Waals surface area contributed by atoms with Gasteiger partial charge in [-0.05, 0) is 18.2 Å². The van der Waals surface area contributed by atoms with Crippen LogP contribution in [-0.2, 0) is 10.0 Å². The summed E-state index contributed by atoms with van der Waals surface area (Å²) in [5, 5.41) is 5.60. The van der Waals surface area contributed by atoms with Gasteiger partial charge in [-0.25, -0.2) is 4.72 Å². The van der Waals surface area contributed by atoms with E-state index in [0.717, 1.165) is 0 Å². The zero-order valence-electron chi connectivity index (χ0n) is 8.49. The molecule has 2 N–H and O–H groups in total. The van der Waals surface area contributed by atoms with Gasteiger partial charge in [0.2, 0.25) is 0 Å². The smallest absolute Gasteiger partial charge is 0.268 e. The van der Waals surface area contributed by atoms with E-state index in [1.165, 1.54) is 36.8 Å². The summed E-state index contributed by atoms with van der Waals surface area (Å²) >= 11 is 0. The lowest BCUT2D eigenvalue weighted by molar-refractivity contribution is 0.0981. The molecule has 2 aromatic heterocycles. The summed E-state index contributed by atoms with van der Waals surface area (Å²) in [4.78, 5) is 15.3. The Kier molecular flexibility index (Phi) is 2.88. The Hall–Kier alpha value is -2.22. The van der Waals surface area contributed by atoms with Gasteiger partial charge in [-0.3, -0.25) is 14.9 Å². The van der Waals surface area contributed by atoms with Crippen LogP contribution in [0.25, 0.3) is 0 Å². The summed E-state index contributed by atoms with van der Waals surface area (Å²) in [5.41, 5.74) is 0.163. The highest BCUT2D eigenvalue weighted by atomic mass is 32.2. The molecule has 7 nitrogen and oxygen atoms in total. The second-order valence-electron chi connectivity index (χ2n) is 3.10. The molecule has 0 saturated carbocycles. The van der Waals surface area contributed by atoms with E-state index in [2.05, 4.69) is 15.2 Å². The van der Waals surface area contributed by atoms with Gasteiger partial charge in [-0.15, -0.1) is 0 Å². The van der Waals surface area contributed by atoms with Crippen LogP contribution in [0.4, 0.5) is 0 Å². The van der Waals surface area contributed by atoms with Crippen molar-refractivity contribution in [2.45, 2.75) is 5.03 Å². The summed E-state index contributed by atoms with van der Waals surface area (Å²) in [6.07, 6.45) is 4.04. The van der Waals surface area contributed by atoms with Crippen molar-refractivity contribution in [1.82, 2.24) is 19.9 Å². The number of carbonyl (C=O) groups excluding carboxylic acids is 1. The number of aromatic nitrogens is 3. The summed E-state index contributed by atoms with van der Waals surface area (Å²) in [7, 11) is -3.91. The standard InChI is InChI=1S/C9H8N4O3S/c14-9(7-2-1-4-10-6-7)13-17(15,16)8-3-5-11-12-8/h1-6H,(H,11,12)(H,13,14). The maximum absolute atomic E-state index is 11.7. The van der Waals surface area contributed by atoms with Gasteiger partial charge in [0.15, 0.2) is 5.03 Å². The molecule has 2 heterocycles. The zero-order valence-corrected chi connectivity index (χ0v) is 9.31. The molecule has 0 aromatic carbocycles. The fraction of sp³-hybridized carbons (Fsp3) is 0. The number of H-pyrrole nitrogens is 1. The molecule has 0 aliphatic rings. The third-order valence-electron chi connectivity index (χ3n) is 1.92. The normalized spacial score (nSPS) is 11.1. The molecule has 0 fully saturated rings. The van der Waals surface area contributed by atoms with Gasteiger partial charge in [0.25, 0.3) is 15.9 Å². The highest BCUT2D eigenvalue weighted by Crippen LogP contribution is 2.04. The number of aromatic amines is 1. The average Bonchev–Trinajstić information content (AvgIpc) is 2.84. The minimum atomic E-state index is -3.91. The molecule has 0 unspecified atom stereocenters. The topological polar surface area (TPSA) is 105 Å². The molecular weight excluding hydrogens is 244 g/mol. The highest BCUT2D eigenvalue weighted by molar-refractivity contribution is 7.90. The Bertz CT molecular complexity index is 607. The van der Waals surface area contributed by atoms with Crippen LogP contribution in [0.1, 0.15) is 10.4 Å². The van der Waals surface area contributed by atoms with Crippen LogP contribution >= 0.6 is 0 Å². The predicted molar refractivity (Wildman–Crippen MR) is 57.5 cm³/mol. The first-order valence-corrected chi connectivity index (χ1v) is 6.04. The Morgan fingerprint density at radius 1 is 1.29 bits per heavy atom. The second kappa shape index (κ2) is 4.34. The summed E-state index contributed by atoms with van der Waals surface area (Å²) < 4.78 is 25.2. The second-order valence-corrected chi connectivity index (χ2v) is 4.75. The van der Waals surface area contributed by atoms with Crippen LogP contribution in [-0.4, -0.2) is 29.5 Å². The number of pyridine rings is 1. The van der Waals surface area contributed by atoms with Gasteiger partial charge in [-0.2, -0.15) is 13.5 Å². The summed E-state index contributed by atoms with van der Waals surface area (Å²) in [6.45, 7) is 0. The predicted octanol–water partition coefficient (Wildman–Crippen LogP) is -0.0766. The van der Waals surface area contributed by atoms with E-state index < -0.39 is 15.9 Å². The fourth-order valence-electron chi connectivity index (χ4n) is 1.13. The maximum Gasteiger partial charge on any atom is 0.281 e. The first-order chi connectivity index (χ1) is 8.09. The third-order valence-corrected chi connectivity index (χ3v) is 3.18. The van der Waals surface area contributed by atoms with Crippen LogP contribution in [0.15, 0.2) is 41.8 Å². The van der Waals surface area contributed by atoms with Crippen molar-refractivity contribution in [3.63, 3.8) is 0 Å². The highest BCUT2D eigenvalue weighted by Gasteiger charge is 2.19. The van der Waals surface area contributed by atoms with Crippen molar-refractivity contribution in [2.75, 3.05) is 0 Å². The molecule has 0 aliphatic heterocycles. The van der Waals surface area contributed by atoms with Gasteiger partial charge in [0.1, 0.15) is 0 Å². The Balaban J connectivity index is 2.21. The van der Waals surface area contributed by atoms with Gasteiger partial charge in [0.05, 0.1) is 11.8 Å². The van der Waals surface area contributed by atoms with Gasteiger partial charge in [-0.1, -0.05) is 0 Å². The lowest BCUT2D eigenvalue weighted by atomic mass is 10.3. The molecule has 0 spiro atoms. The van der Waals surface area contributed by atoms with Crippen molar-refractivity contribution in [3.05, 3.63) is 42.4 Å². The van der Waals surface area contributed by atoms with E-state index in [0.29, 0.717) is 0 Å². The van der Waals surface area contributed by atoms with Crippen molar-refractivity contribution in [2.24, 2.45) is 0 Å². The molecule has 0 radical (unpaired) electrons. The molecule has 2 rings (SSSR count). The molecule has 88 valence electrons. The average molecular weight is 252 g/mol. The van der Waals surface area contributed by atoms with Crippen LogP contribution in [0.5, 0.6) is 0 Å². The molecule has 1 amide bonds. The van der Waals surface area contributed by atoms with Crippen LogP contribution < -0.4 is 4.72 Å². The van der Waals surface area contributed by atoms with E-state index in [-0.39, 0.29) is 10.6 Å². The minimum Gasteiger partial charge on any atom is -0.268 e. The third kappa shape index (κ3) is 2.48. The lowest BCUT2D eigenvalue weighted by Crippen LogP contribution is -2.30. The molecule has 2 aromatic rings. The molecule has 0 bridgehead atoms. The Morgan fingerprint density at radius 2 is 2.12 bits per heavy atom. The number of carbonyl (C=O) groups is 1. The zero-order chi connectivity index (χ0) is 12.3. The van der Waals surface area contributed by atoms with Gasteiger partial charge >= 0.3 is 0 Å². The van der Waals surface area contributed by atoms with E-state index >= 15 is 0 Å². The summed E-state index contributed by atoms with van der Waals surface area (Å²) in [5.74, 6) is -0.743. The number of rotatable bonds is 3. The monoisotopic (exact) mass is 252 g/mol. The molecular formula is C9H8N4O3S. The number of hydrogen-bond acceptors (Lipinski definition) is 5. The van der Waals surface area contributed by atoms with Crippen LogP contribution in [0.2, 0.25) is 0 Å². The minimum absolute atomic E-state index is 0.163. The van der Waals surface area contributed by atoms with Crippen LogP contribution in [0, 0.1) is 0 Å². The van der Waals surface area contributed by atoms with Crippen molar-refractivity contribution in [1.29, 1.82) is 0 Å². The SMILES string of the molecule is O=C(NS(=O)(=O)c1ccn[nH]1)c1cccnc1. The Labute approximate surface area is 96.9 Å². The van der Waals surface area contributed by atoms with E-state index in [1.807, 2.05) is 4.72 Å². The van der Waals surface area contributed by atoms with Crippen molar-refractivity contribution < 1.29 is 13.2 Å². The van der Waals surface area contributed by atoms with Gasteiger partial charge < -0.3 is 0 Å². The number of nitrogens with one attached hydrogen (secondary N) is 2. The van der Waals surface area contributed by atoms with Gasteiger partial charge in [0, 0.05) is 12.4 Å². The largest absolute Gasteiger partial charge is 0.281 e. The lowest BCUT2D eigenvalue weighted by Gasteiger charge is -2.03. The quantitative estimate of drug-likeness (QED) is 0.795. The maximum atomic E-state index is 11.7. The molecule has 0 aliphatic carbocycles. The molecule has 17 heavy (non-hydrogen) atoms. The van der Waals surface area contributed by atoms with E-state index in [1.54, 1.807) is 0 Å². The number of amides is 1. The number of nitrogens with zero attached hydrogens (tertiary/aromatic N) is 2. The number of hydrogen-bond donors (Lipinski definition) is 2. The van der Waals surface area contributed by atoms with E-state index in [4.69, 9.17) is 0 Å². The first kappa shape index (κ1) is 11.3. The van der Waals surface area contributed by atoms with Crippen LogP contribution in [0.3, 0.4) is 0 Å².